The second-order valence-electron chi connectivity index (χ2n) is 2.01. The van der Waals surface area contributed by atoms with E-state index in [-0.39, 0.29) is 0 Å². The van der Waals surface area contributed by atoms with E-state index < -0.39 is 7.26 Å². The highest BCUT2D eigenvalue weighted by Crippen LogP contribution is 2.43. The molecule has 0 aliphatic heterocycles. The lowest BCUT2D eigenvalue weighted by atomic mass is 11.8. The van der Waals surface area contributed by atoms with Gasteiger partial charge in [-0.3, -0.25) is 0 Å². The van der Waals surface area contributed by atoms with Crippen LogP contribution >= 0.6 is 7.26 Å². The summed E-state index contributed by atoms with van der Waals surface area (Å²) in [5, 5.41) is 0. The lowest BCUT2D eigenvalue weighted by Gasteiger charge is -2.15. The van der Waals surface area contributed by atoms with Crippen LogP contribution < -0.4 is 0 Å². The van der Waals surface area contributed by atoms with Gasteiger partial charge in [-0.05, 0) is 0 Å². The van der Waals surface area contributed by atoms with Crippen LogP contribution in [-0.2, 0) is 0 Å². The maximum absolute atomic E-state index is 7.05. The standard InChI is InChI=1S/C4H9P/c1-5(2,3)4/h1-3H3. The van der Waals surface area contributed by atoms with Crippen LogP contribution in [0.3, 0.4) is 0 Å². The van der Waals surface area contributed by atoms with E-state index in [9.17, 15) is 0 Å². The van der Waals surface area contributed by atoms with Crippen molar-refractivity contribution in [3.05, 3.63) is 6.66 Å². The highest BCUT2D eigenvalue weighted by Gasteiger charge is 1.87. The molecule has 0 saturated carbocycles. The molecule has 0 amide bonds. The third-order valence-corrected chi connectivity index (χ3v) is 0. The summed E-state index contributed by atoms with van der Waals surface area (Å²) in [5.41, 5.74) is 0. The van der Waals surface area contributed by atoms with Crippen LogP contribution in [0, 0.1) is 6.66 Å². The molecular formula is C4H9P. The molecule has 0 nitrogen and oxygen atoms in total. The fourth-order valence-corrected chi connectivity index (χ4v) is 0. The Bertz CT molecular complexity index is 19.1. The molecule has 0 aliphatic rings. The molecule has 1 heteroatoms. The van der Waals surface area contributed by atoms with E-state index in [0.29, 0.717) is 0 Å². The van der Waals surface area contributed by atoms with Crippen molar-refractivity contribution in [1.82, 2.24) is 0 Å². The average Bonchev–Trinajstić information content (AvgIpc) is 0.722. The third-order valence-electron chi connectivity index (χ3n) is 0. The van der Waals surface area contributed by atoms with Gasteiger partial charge in [-0.25, -0.2) is 0 Å². The molecule has 0 spiro atoms. The maximum Gasteiger partial charge on any atom is 0.0177 e. The van der Waals surface area contributed by atoms with Gasteiger partial charge in [-0.15, -0.1) is 0 Å². The quantitative estimate of drug-likeness (QED) is 0.310. The van der Waals surface area contributed by atoms with Crippen LogP contribution in [0.2, 0.25) is 0 Å². The Labute approximate surface area is 34.9 Å². The SMILES string of the molecule is [C-][P+](C)(C)C. The molecule has 0 aromatic heterocycles. The van der Waals surface area contributed by atoms with E-state index in [4.69, 9.17) is 6.66 Å². The Morgan fingerprint density at radius 1 is 1.20 bits per heavy atom. The average molecular weight is 88.1 g/mol. The molecule has 0 aromatic rings. The van der Waals surface area contributed by atoms with E-state index in [1.165, 1.54) is 0 Å². The minimum atomic E-state index is -1.14. The van der Waals surface area contributed by atoms with Crippen LogP contribution in [0.5, 0.6) is 0 Å². The fraction of sp³-hybridized carbons (Fsp3) is 0.750. The summed E-state index contributed by atoms with van der Waals surface area (Å²) in [7, 11) is -1.14. The smallest absolute Gasteiger partial charge is 0.0177 e. The largest absolute Gasteiger partial charge is 0.453 e. The minimum absolute atomic E-state index is 1.14. The Balaban J connectivity index is 3.02. The summed E-state index contributed by atoms with van der Waals surface area (Å²) in [5.74, 6) is 0. The van der Waals surface area contributed by atoms with Crippen molar-refractivity contribution in [2.45, 2.75) is 0 Å². The lowest BCUT2D eigenvalue weighted by Crippen LogP contribution is -1.70. The first kappa shape index (κ1) is 5.43. The van der Waals surface area contributed by atoms with E-state index in [1.54, 1.807) is 0 Å². The van der Waals surface area contributed by atoms with Crippen LogP contribution in [0.15, 0.2) is 0 Å². The first-order valence-corrected chi connectivity index (χ1v) is 4.70. The zero-order valence-corrected chi connectivity index (χ0v) is 4.84. The second kappa shape index (κ2) is 1.26. The second-order valence-corrected chi connectivity index (χ2v) is 6.04. The van der Waals surface area contributed by atoms with Gasteiger partial charge < -0.3 is 6.66 Å². The van der Waals surface area contributed by atoms with Crippen molar-refractivity contribution in [2.75, 3.05) is 20.0 Å². The molecule has 0 heterocycles. The molecule has 0 unspecified atom stereocenters. The van der Waals surface area contributed by atoms with Gasteiger partial charge in [0.2, 0.25) is 0 Å². The lowest BCUT2D eigenvalue weighted by molar-refractivity contribution is 2.02. The summed E-state index contributed by atoms with van der Waals surface area (Å²) in [6, 6.07) is 0. The topological polar surface area (TPSA) is 0 Å². The highest BCUT2D eigenvalue weighted by molar-refractivity contribution is 7.74. The molecule has 0 rings (SSSR count). The van der Waals surface area contributed by atoms with Crippen molar-refractivity contribution < 1.29 is 0 Å². The van der Waals surface area contributed by atoms with Crippen LogP contribution in [0.1, 0.15) is 0 Å². The van der Waals surface area contributed by atoms with Gasteiger partial charge in [0.1, 0.15) is 0 Å². The Kier molecular flexibility index (Phi) is 1.37. The van der Waals surface area contributed by atoms with Gasteiger partial charge >= 0.3 is 0 Å². The van der Waals surface area contributed by atoms with Gasteiger partial charge in [0.15, 0.2) is 0 Å². The normalized spacial score (nSPS) is 12.0. The molecule has 2 radical (unpaired) electrons. The Morgan fingerprint density at radius 3 is 1.20 bits per heavy atom. The molecule has 0 saturated heterocycles. The van der Waals surface area contributed by atoms with Crippen LogP contribution in [0.4, 0.5) is 0 Å². The molecule has 30 valence electrons. The summed E-state index contributed by atoms with van der Waals surface area (Å²) >= 11 is 0. The summed E-state index contributed by atoms with van der Waals surface area (Å²) < 4.78 is 0. The molecular weight excluding hydrogens is 79.0 g/mol. The highest BCUT2D eigenvalue weighted by atomic mass is 31.2. The Hall–Kier alpha value is 0.430. The number of rotatable bonds is 0. The summed E-state index contributed by atoms with van der Waals surface area (Å²) in [6.07, 6.45) is 0. The van der Waals surface area contributed by atoms with Crippen molar-refractivity contribution in [3.63, 3.8) is 0 Å². The van der Waals surface area contributed by atoms with Gasteiger partial charge in [-0.2, -0.15) is 7.26 Å². The zero-order chi connectivity index (χ0) is 4.50. The molecule has 0 aromatic carbocycles. The summed E-state index contributed by atoms with van der Waals surface area (Å²) in [6.45, 7) is 12.9. The van der Waals surface area contributed by atoms with Crippen molar-refractivity contribution in [3.8, 4) is 0 Å². The minimum Gasteiger partial charge on any atom is -0.453 e. The molecule has 5 heavy (non-hydrogen) atoms. The van der Waals surface area contributed by atoms with Crippen LogP contribution in [0.25, 0.3) is 0 Å². The van der Waals surface area contributed by atoms with Crippen molar-refractivity contribution in [1.29, 1.82) is 0 Å². The number of hydrogen-bond acceptors (Lipinski definition) is 0. The van der Waals surface area contributed by atoms with E-state index >= 15 is 0 Å². The predicted molar refractivity (Wildman–Crippen MR) is 27.9 cm³/mol. The predicted octanol–water partition coefficient (Wildman–Crippen LogP) is 1.44. The molecule has 0 N–H and O–H groups in total. The van der Waals surface area contributed by atoms with Gasteiger partial charge in [0, 0.05) is 20.0 Å². The monoisotopic (exact) mass is 88.0 g/mol. The van der Waals surface area contributed by atoms with E-state index in [1.807, 2.05) is 20.0 Å². The molecule has 0 fully saturated rings. The van der Waals surface area contributed by atoms with Gasteiger partial charge in [0.05, 0.1) is 0 Å². The van der Waals surface area contributed by atoms with Gasteiger partial charge in [0.25, 0.3) is 0 Å². The molecule has 0 aliphatic carbocycles. The maximum atomic E-state index is 7.05. The zero-order valence-electron chi connectivity index (χ0n) is 3.95. The van der Waals surface area contributed by atoms with E-state index in [0.717, 1.165) is 0 Å². The van der Waals surface area contributed by atoms with Crippen molar-refractivity contribution >= 4 is 7.26 Å². The van der Waals surface area contributed by atoms with Crippen molar-refractivity contribution in [2.24, 2.45) is 0 Å². The Morgan fingerprint density at radius 2 is 1.20 bits per heavy atom. The van der Waals surface area contributed by atoms with E-state index in [2.05, 4.69) is 0 Å². The van der Waals surface area contributed by atoms with Gasteiger partial charge in [-0.1, -0.05) is 0 Å². The molecule has 0 bridgehead atoms. The fourth-order valence-electron chi connectivity index (χ4n) is 0. The van der Waals surface area contributed by atoms with Crippen LogP contribution in [-0.4, -0.2) is 20.0 Å². The first-order chi connectivity index (χ1) is 2.00. The third kappa shape index (κ3) is 141. The number of hydrogen-bond donors (Lipinski definition) is 0. The molecule has 0 atom stereocenters. The summed E-state index contributed by atoms with van der Waals surface area (Å²) in [4.78, 5) is 0. The first-order valence-electron chi connectivity index (χ1n) is 1.57.